The fourth-order valence-electron chi connectivity index (χ4n) is 7.39. The number of benzene rings is 6. The van der Waals surface area contributed by atoms with Crippen LogP contribution in [0.5, 0.6) is 23.0 Å². The maximum atomic E-state index is 12.4. The van der Waals surface area contributed by atoms with E-state index in [4.69, 9.17) is 18.9 Å². The van der Waals surface area contributed by atoms with Crippen LogP contribution in [0.15, 0.2) is 109 Å². The molecule has 0 saturated carbocycles. The van der Waals surface area contributed by atoms with Crippen molar-refractivity contribution in [2.45, 2.75) is 25.7 Å². The van der Waals surface area contributed by atoms with Crippen molar-refractivity contribution in [3.05, 3.63) is 174 Å². The molecule has 8 bridgehead atoms. The number of methoxy groups -OCH3 is 2. The van der Waals surface area contributed by atoms with E-state index in [-0.39, 0.29) is 48.6 Å². The number of para-hydroxylation sites is 2. The summed E-state index contributed by atoms with van der Waals surface area (Å²) >= 11 is 0. The number of hydrogen-bond acceptors (Lipinski definition) is 12. The van der Waals surface area contributed by atoms with Crippen LogP contribution >= 0.6 is 0 Å². The van der Waals surface area contributed by atoms with Crippen LogP contribution in [0.2, 0.25) is 0 Å². The molecule has 0 spiro atoms. The average Bonchev–Trinajstić information content (AvgIpc) is 3.25. The molecule has 0 atom stereocenters. The maximum Gasteiger partial charge on any atom is 0.343 e. The quantitative estimate of drug-likeness (QED) is 0.0767. The molecule has 14 nitrogen and oxygen atoms in total. The Morgan fingerprint density at radius 2 is 0.817 bits per heavy atom. The van der Waals surface area contributed by atoms with Crippen molar-refractivity contribution < 1.29 is 48.6 Å². The number of rotatable bonds is 10. The minimum Gasteiger partial charge on any atom is -0.507 e. The van der Waals surface area contributed by atoms with Crippen molar-refractivity contribution >= 4 is 23.3 Å². The Hall–Kier alpha value is -7.74. The zero-order chi connectivity index (χ0) is 42.5. The molecule has 0 fully saturated rings. The van der Waals surface area contributed by atoms with E-state index in [1.807, 2.05) is 0 Å². The Morgan fingerprint density at radius 3 is 1.12 bits per heavy atom. The van der Waals surface area contributed by atoms with E-state index in [1.165, 1.54) is 38.5 Å². The minimum absolute atomic E-state index is 0.0608. The van der Waals surface area contributed by atoms with Crippen molar-refractivity contribution in [1.29, 1.82) is 0 Å². The Bertz CT molecular complexity index is 2400. The molecule has 0 unspecified atom stereocenters. The molecule has 60 heavy (non-hydrogen) atoms. The highest BCUT2D eigenvalue weighted by Crippen LogP contribution is 2.41. The zero-order valence-electron chi connectivity index (χ0n) is 32.5. The van der Waals surface area contributed by atoms with Crippen LogP contribution < -0.4 is 9.47 Å². The van der Waals surface area contributed by atoms with Crippen molar-refractivity contribution in [2.24, 2.45) is 0 Å². The second-order valence-electron chi connectivity index (χ2n) is 14.1. The first-order chi connectivity index (χ1) is 28.9. The molecule has 6 aromatic rings. The maximum absolute atomic E-state index is 12.4. The highest BCUT2D eigenvalue weighted by molar-refractivity contribution is 5.74. The first kappa shape index (κ1) is 40.5. The molecule has 2 N–H and O–H groups in total. The van der Waals surface area contributed by atoms with Gasteiger partial charge in [-0.3, -0.25) is 20.2 Å². The predicted molar refractivity (Wildman–Crippen MR) is 220 cm³/mol. The van der Waals surface area contributed by atoms with Gasteiger partial charge in [0.25, 0.3) is 11.4 Å². The van der Waals surface area contributed by atoms with E-state index in [2.05, 4.69) is 0 Å². The molecule has 0 radical (unpaired) electrons. The van der Waals surface area contributed by atoms with Crippen LogP contribution in [0.4, 0.5) is 11.4 Å². The predicted octanol–water partition coefficient (Wildman–Crippen LogP) is 8.03. The summed E-state index contributed by atoms with van der Waals surface area (Å²) in [5.74, 6) is -0.785. The number of nitro groups is 2. The van der Waals surface area contributed by atoms with Gasteiger partial charge in [0.15, 0.2) is 13.2 Å². The molecule has 0 amide bonds. The van der Waals surface area contributed by atoms with Gasteiger partial charge >= 0.3 is 11.9 Å². The van der Waals surface area contributed by atoms with Crippen LogP contribution in [0.3, 0.4) is 0 Å². The van der Waals surface area contributed by atoms with E-state index in [0.717, 1.165) is 0 Å². The van der Waals surface area contributed by atoms with Gasteiger partial charge in [-0.05, 0) is 91.0 Å². The normalized spacial score (nSPS) is 11.9. The van der Waals surface area contributed by atoms with Crippen LogP contribution in [0.25, 0.3) is 22.3 Å². The summed E-state index contributed by atoms with van der Waals surface area (Å²) in [5.41, 5.74) is 6.02. The van der Waals surface area contributed by atoms with Gasteiger partial charge in [-0.2, -0.15) is 0 Å². The molecule has 7 rings (SSSR count). The Kier molecular flexibility index (Phi) is 11.7. The fraction of sp³-hybridized carbons (Fsp3) is 0.174. The Morgan fingerprint density at radius 1 is 0.500 bits per heavy atom. The smallest absolute Gasteiger partial charge is 0.343 e. The summed E-state index contributed by atoms with van der Waals surface area (Å²) < 4.78 is 22.1. The lowest BCUT2D eigenvalue weighted by atomic mass is 9.88. The first-order valence-electron chi connectivity index (χ1n) is 18.7. The molecular formula is C46H38N2O12. The molecule has 14 heteroatoms. The van der Waals surface area contributed by atoms with E-state index >= 15 is 0 Å². The van der Waals surface area contributed by atoms with E-state index < -0.39 is 35.0 Å². The molecule has 6 aromatic carbocycles. The van der Waals surface area contributed by atoms with Crippen molar-refractivity contribution in [1.82, 2.24) is 0 Å². The fourth-order valence-corrected chi connectivity index (χ4v) is 7.39. The number of nitro benzene ring substituents is 2. The van der Waals surface area contributed by atoms with Gasteiger partial charge in [0.1, 0.15) is 23.0 Å². The second kappa shape index (κ2) is 17.4. The Labute approximate surface area is 343 Å². The van der Waals surface area contributed by atoms with Crippen LogP contribution in [0, 0.1) is 20.2 Å². The van der Waals surface area contributed by atoms with E-state index in [0.29, 0.717) is 78.3 Å². The third-order valence-electron chi connectivity index (χ3n) is 10.3. The van der Waals surface area contributed by atoms with Gasteiger partial charge in [-0.25, -0.2) is 9.59 Å². The highest BCUT2D eigenvalue weighted by atomic mass is 16.6. The summed E-state index contributed by atoms with van der Waals surface area (Å²) in [7, 11) is 2.48. The summed E-state index contributed by atoms with van der Waals surface area (Å²) in [4.78, 5) is 47.5. The average molecular weight is 811 g/mol. The number of fused-ring (bicyclic) bond motifs is 8. The second-order valence-corrected chi connectivity index (χ2v) is 14.1. The summed E-state index contributed by atoms with van der Waals surface area (Å²) in [6.45, 7) is -0.890. The minimum atomic E-state index is -0.639. The van der Waals surface area contributed by atoms with E-state index in [9.17, 15) is 40.0 Å². The van der Waals surface area contributed by atoms with Crippen molar-refractivity contribution in [2.75, 3.05) is 27.4 Å². The number of carbonyl (C=O) groups is 2. The molecule has 304 valence electrons. The number of carbonyl (C=O) groups excluding carboxylic acids is 2. The standard InChI is InChI=1S/C46H38N2O12/c1-57-41(49)25-59-45-29-9-3-10-30(45)16-36-20-34(28-8-6-14-40(24-28)48(55)56)22-38(44(36)52)18-32-12-4-11-31(46(32)60-26-42(50)58-2)17-37-21-33(19-35(15-29)43(37)51)27-7-5-13-39(23-27)47(53)54/h3-14,19-24,51-52H,15-18,25-26H2,1-2H3. The van der Waals surface area contributed by atoms with Crippen LogP contribution in [0.1, 0.15) is 44.5 Å². The van der Waals surface area contributed by atoms with Gasteiger partial charge in [0, 0.05) is 49.9 Å². The molecule has 0 saturated heterocycles. The summed E-state index contributed by atoms with van der Waals surface area (Å²) in [6, 6.07) is 30.0. The third-order valence-corrected chi connectivity index (χ3v) is 10.3. The SMILES string of the molecule is COC(=O)COc1c2cccc1Cc1cc(-c3cccc([N+](=O)[O-])c3)cc(c1O)Cc1cccc(c1OCC(=O)OC)Cc1cc(-c3cccc([N+](=O)[O-])c3)cc(c1O)C2. The van der Waals surface area contributed by atoms with Crippen LogP contribution in [-0.4, -0.2) is 59.4 Å². The molecule has 0 aliphatic heterocycles. The topological polar surface area (TPSA) is 198 Å². The number of ether oxygens (including phenoxy) is 4. The largest absolute Gasteiger partial charge is 0.507 e. The number of phenolic OH excluding ortho intramolecular Hbond substituents is 2. The number of aromatic hydroxyl groups is 2. The number of nitrogens with zero attached hydrogens (tertiary/aromatic N) is 2. The summed E-state index contributed by atoms with van der Waals surface area (Å²) in [5, 5.41) is 47.7. The zero-order valence-corrected chi connectivity index (χ0v) is 32.5. The molecule has 1 aliphatic rings. The van der Waals surface area contributed by atoms with Crippen LogP contribution in [-0.2, 0) is 44.7 Å². The molecule has 1 aliphatic carbocycles. The lowest BCUT2D eigenvalue weighted by molar-refractivity contribution is -0.385. The lowest BCUT2D eigenvalue weighted by Gasteiger charge is -2.21. The lowest BCUT2D eigenvalue weighted by Crippen LogP contribution is -2.15. The Balaban J connectivity index is 1.49. The monoisotopic (exact) mass is 810 g/mol. The molecule has 0 heterocycles. The number of non-ortho nitro benzene ring substituents is 2. The van der Waals surface area contributed by atoms with Crippen molar-refractivity contribution in [3.8, 4) is 45.3 Å². The first-order valence-corrected chi connectivity index (χ1v) is 18.7. The number of phenols is 2. The van der Waals surface area contributed by atoms with Gasteiger partial charge < -0.3 is 29.2 Å². The van der Waals surface area contributed by atoms with Gasteiger partial charge in [0.05, 0.1) is 24.1 Å². The highest BCUT2D eigenvalue weighted by Gasteiger charge is 2.24. The number of hydrogen-bond donors (Lipinski definition) is 2. The van der Waals surface area contributed by atoms with Gasteiger partial charge in [-0.1, -0.05) is 60.7 Å². The molecular weight excluding hydrogens is 773 g/mol. The van der Waals surface area contributed by atoms with Crippen molar-refractivity contribution in [3.63, 3.8) is 0 Å². The third kappa shape index (κ3) is 8.72. The number of esters is 2. The van der Waals surface area contributed by atoms with Gasteiger partial charge in [0.2, 0.25) is 0 Å². The summed E-state index contributed by atoms with van der Waals surface area (Å²) in [6.07, 6.45) is 0.288. The van der Waals surface area contributed by atoms with E-state index in [1.54, 1.807) is 84.9 Å². The molecule has 0 aromatic heterocycles. The van der Waals surface area contributed by atoms with Gasteiger partial charge in [-0.15, -0.1) is 0 Å².